The molecule has 2 heterocycles. The second-order valence-electron chi connectivity index (χ2n) is 6.62. The summed E-state index contributed by atoms with van der Waals surface area (Å²) in [5.74, 6) is -0.0455. The Bertz CT molecular complexity index is 632. The minimum absolute atomic E-state index is 0.0608. The Labute approximate surface area is 148 Å². The van der Waals surface area contributed by atoms with Crippen LogP contribution in [0, 0.1) is 0 Å². The van der Waals surface area contributed by atoms with Crippen LogP contribution >= 0.6 is 0 Å². The van der Waals surface area contributed by atoms with E-state index in [1.165, 1.54) is 10.5 Å². The SMILES string of the molecule is CCc1ccc(C(=O)N2CCN(CCN3C(=O)CCC3=O)CC2)cc1. The molecule has 0 atom stereocenters. The van der Waals surface area contributed by atoms with Crippen LogP contribution in [0.15, 0.2) is 24.3 Å². The number of likely N-dealkylation sites (tertiary alicyclic amines) is 1. The molecule has 0 aliphatic carbocycles. The summed E-state index contributed by atoms with van der Waals surface area (Å²) in [6.45, 7) is 6.14. The zero-order valence-electron chi connectivity index (χ0n) is 14.7. The fourth-order valence-corrected chi connectivity index (χ4v) is 3.35. The summed E-state index contributed by atoms with van der Waals surface area (Å²) < 4.78 is 0. The third-order valence-corrected chi connectivity index (χ3v) is 5.06. The highest BCUT2D eigenvalue weighted by Gasteiger charge is 2.29. The first kappa shape index (κ1) is 17.6. The van der Waals surface area contributed by atoms with Crippen molar-refractivity contribution in [3.8, 4) is 0 Å². The molecule has 6 heteroatoms. The number of hydrogen-bond acceptors (Lipinski definition) is 4. The molecular weight excluding hydrogens is 318 g/mol. The Morgan fingerprint density at radius 2 is 1.52 bits per heavy atom. The Kier molecular flexibility index (Phi) is 5.48. The van der Waals surface area contributed by atoms with Crippen LogP contribution in [0.2, 0.25) is 0 Å². The van der Waals surface area contributed by atoms with Gasteiger partial charge in [-0.05, 0) is 24.1 Å². The number of nitrogens with zero attached hydrogens (tertiary/aromatic N) is 3. The molecule has 3 amide bonds. The monoisotopic (exact) mass is 343 g/mol. The maximum Gasteiger partial charge on any atom is 0.253 e. The second kappa shape index (κ2) is 7.78. The first-order valence-corrected chi connectivity index (χ1v) is 9.02. The molecule has 0 saturated carbocycles. The molecule has 0 unspecified atom stereocenters. The van der Waals surface area contributed by atoms with Gasteiger partial charge in [-0.15, -0.1) is 0 Å². The van der Waals surface area contributed by atoms with Crippen molar-refractivity contribution in [2.45, 2.75) is 26.2 Å². The number of benzene rings is 1. The molecule has 25 heavy (non-hydrogen) atoms. The topological polar surface area (TPSA) is 60.9 Å². The Balaban J connectivity index is 1.47. The van der Waals surface area contributed by atoms with Crippen molar-refractivity contribution in [3.63, 3.8) is 0 Å². The van der Waals surface area contributed by atoms with Gasteiger partial charge >= 0.3 is 0 Å². The van der Waals surface area contributed by atoms with Crippen LogP contribution in [0.4, 0.5) is 0 Å². The van der Waals surface area contributed by atoms with Gasteiger partial charge in [0.2, 0.25) is 11.8 Å². The molecule has 0 spiro atoms. The number of amides is 3. The van der Waals surface area contributed by atoms with Crippen LogP contribution < -0.4 is 0 Å². The van der Waals surface area contributed by atoms with E-state index in [0.29, 0.717) is 39.0 Å². The van der Waals surface area contributed by atoms with Crippen LogP contribution in [-0.4, -0.2) is 71.7 Å². The van der Waals surface area contributed by atoms with Crippen molar-refractivity contribution in [1.82, 2.24) is 14.7 Å². The quantitative estimate of drug-likeness (QED) is 0.753. The molecule has 0 N–H and O–H groups in total. The average Bonchev–Trinajstić information content (AvgIpc) is 2.98. The summed E-state index contributed by atoms with van der Waals surface area (Å²) >= 11 is 0. The van der Waals surface area contributed by atoms with Gasteiger partial charge in [-0.3, -0.25) is 24.2 Å². The highest BCUT2D eigenvalue weighted by atomic mass is 16.2. The Morgan fingerprint density at radius 1 is 0.920 bits per heavy atom. The van der Waals surface area contributed by atoms with Gasteiger partial charge in [0.25, 0.3) is 5.91 Å². The van der Waals surface area contributed by atoms with Crippen LogP contribution in [-0.2, 0) is 16.0 Å². The molecule has 0 bridgehead atoms. The maximum atomic E-state index is 12.6. The van der Waals surface area contributed by atoms with Crippen molar-refractivity contribution in [2.75, 3.05) is 39.3 Å². The minimum atomic E-state index is -0.0608. The van der Waals surface area contributed by atoms with Gasteiger partial charge in [0.1, 0.15) is 0 Å². The number of hydrogen-bond donors (Lipinski definition) is 0. The highest BCUT2D eigenvalue weighted by molar-refractivity contribution is 6.01. The van der Waals surface area contributed by atoms with Gasteiger partial charge in [-0.1, -0.05) is 19.1 Å². The standard InChI is InChI=1S/C19H25N3O3/c1-2-15-3-5-16(6-4-15)19(25)21-12-9-20(10-13-21)11-14-22-17(23)7-8-18(22)24/h3-6H,2,7-14H2,1H3. The molecule has 1 aromatic carbocycles. The Hall–Kier alpha value is -2.21. The summed E-state index contributed by atoms with van der Waals surface area (Å²) in [6.07, 6.45) is 1.66. The summed E-state index contributed by atoms with van der Waals surface area (Å²) in [5.41, 5.74) is 1.96. The normalized spacial score (nSPS) is 18.9. The molecule has 134 valence electrons. The number of rotatable bonds is 5. The molecule has 3 rings (SSSR count). The van der Waals surface area contributed by atoms with Crippen molar-refractivity contribution in [1.29, 1.82) is 0 Å². The smallest absolute Gasteiger partial charge is 0.253 e. The molecule has 2 aliphatic heterocycles. The Morgan fingerprint density at radius 3 is 2.08 bits per heavy atom. The van der Waals surface area contributed by atoms with E-state index in [4.69, 9.17) is 0 Å². The first-order chi connectivity index (χ1) is 12.1. The zero-order chi connectivity index (χ0) is 17.8. The van der Waals surface area contributed by atoms with Crippen LogP contribution in [0.1, 0.15) is 35.7 Å². The molecule has 6 nitrogen and oxygen atoms in total. The third-order valence-electron chi connectivity index (χ3n) is 5.06. The second-order valence-corrected chi connectivity index (χ2v) is 6.62. The fourth-order valence-electron chi connectivity index (χ4n) is 3.35. The zero-order valence-corrected chi connectivity index (χ0v) is 14.7. The summed E-state index contributed by atoms with van der Waals surface area (Å²) in [5, 5.41) is 0. The van der Waals surface area contributed by atoms with E-state index < -0.39 is 0 Å². The molecule has 2 aliphatic rings. The lowest BCUT2D eigenvalue weighted by molar-refractivity contribution is -0.138. The molecule has 0 radical (unpaired) electrons. The van der Waals surface area contributed by atoms with E-state index in [1.807, 2.05) is 29.2 Å². The van der Waals surface area contributed by atoms with Gasteiger partial charge in [0, 0.05) is 57.7 Å². The van der Waals surface area contributed by atoms with E-state index >= 15 is 0 Å². The van der Waals surface area contributed by atoms with E-state index in [9.17, 15) is 14.4 Å². The number of carbonyl (C=O) groups excluding carboxylic acids is 3. The molecule has 2 saturated heterocycles. The van der Waals surface area contributed by atoms with Crippen molar-refractivity contribution >= 4 is 17.7 Å². The fraction of sp³-hybridized carbons (Fsp3) is 0.526. The number of piperazine rings is 1. The largest absolute Gasteiger partial charge is 0.336 e. The van der Waals surface area contributed by atoms with E-state index in [1.54, 1.807) is 0 Å². The van der Waals surface area contributed by atoms with Crippen molar-refractivity contribution in [2.24, 2.45) is 0 Å². The van der Waals surface area contributed by atoms with E-state index in [-0.39, 0.29) is 17.7 Å². The van der Waals surface area contributed by atoms with Crippen LogP contribution in [0.25, 0.3) is 0 Å². The van der Waals surface area contributed by atoms with Gasteiger partial charge < -0.3 is 4.90 Å². The predicted molar refractivity (Wildman–Crippen MR) is 94.1 cm³/mol. The van der Waals surface area contributed by atoms with Gasteiger partial charge in [0.15, 0.2) is 0 Å². The van der Waals surface area contributed by atoms with Crippen LogP contribution in [0.3, 0.4) is 0 Å². The van der Waals surface area contributed by atoms with Gasteiger partial charge in [-0.25, -0.2) is 0 Å². The average molecular weight is 343 g/mol. The molecule has 2 fully saturated rings. The van der Waals surface area contributed by atoms with Gasteiger partial charge in [-0.2, -0.15) is 0 Å². The number of imide groups is 1. The lowest BCUT2D eigenvalue weighted by atomic mass is 10.1. The maximum absolute atomic E-state index is 12.6. The number of aryl methyl sites for hydroxylation is 1. The first-order valence-electron chi connectivity index (χ1n) is 9.02. The molecule has 1 aromatic rings. The van der Waals surface area contributed by atoms with Crippen molar-refractivity contribution in [3.05, 3.63) is 35.4 Å². The lowest BCUT2D eigenvalue weighted by Gasteiger charge is -2.35. The number of carbonyl (C=O) groups is 3. The lowest BCUT2D eigenvalue weighted by Crippen LogP contribution is -2.50. The molecular formula is C19H25N3O3. The van der Waals surface area contributed by atoms with E-state index in [2.05, 4.69) is 11.8 Å². The highest BCUT2D eigenvalue weighted by Crippen LogP contribution is 2.13. The predicted octanol–water partition coefficient (Wildman–Crippen LogP) is 1.16. The van der Waals surface area contributed by atoms with Crippen molar-refractivity contribution < 1.29 is 14.4 Å². The minimum Gasteiger partial charge on any atom is -0.336 e. The summed E-state index contributed by atoms with van der Waals surface area (Å²) in [6, 6.07) is 7.82. The summed E-state index contributed by atoms with van der Waals surface area (Å²) in [7, 11) is 0. The van der Waals surface area contributed by atoms with Crippen LogP contribution in [0.5, 0.6) is 0 Å². The van der Waals surface area contributed by atoms with Gasteiger partial charge in [0.05, 0.1) is 0 Å². The van der Waals surface area contributed by atoms with E-state index in [0.717, 1.165) is 25.1 Å². The third kappa shape index (κ3) is 4.07. The molecule has 0 aromatic heterocycles. The summed E-state index contributed by atoms with van der Waals surface area (Å²) in [4.78, 5) is 41.3.